The Hall–Kier alpha value is -2.28. The van der Waals surface area contributed by atoms with Gasteiger partial charge in [-0.25, -0.2) is 0 Å². The Morgan fingerprint density at radius 3 is 2.48 bits per heavy atom. The lowest BCUT2D eigenvalue weighted by Gasteiger charge is -2.22. The number of nitro groups is 1. The summed E-state index contributed by atoms with van der Waals surface area (Å²) in [4.78, 5) is 35.8. The second kappa shape index (κ2) is 5.25. The van der Waals surface area contributed by atoms with Gasteiger partial charge in [-0.2, -0.15) is 0 Å². The van der Waals surface area contributed by atoms with E-state index in [4.69, 9.17) is 0 Å². The van der Waals surface area contributed by atoms with Crippen molar-refractivity contribution in [2.45, 2.75) is 26.3 Å². The van der Waals surface area contributed by atoms with Gasteiger partial charge in [0.2, 0.25) is 0 Å². The van der Waals surface area contributed by atoms with Gasteiger partial charge in [-0.1, -0.05) is 6.07 Å². The monoisotopic (exact) mass is 291 g/mol. The maximum Gasteiger partial charge on any atom is 0.282 e. The third-order valence-electron chi connectivity index (χ3n) is 3.16. The van der Waals surface area contributed by atoms with Crippen molar-refractivity contribution in [1.82, 2.24) is 10.2 Å². The smallest absolute Gasteiger partial charge is 0.282 e. The summed E-state index contributed by atoms with van der Waals surface area (Å²) in [7, 11) is 0. The molecule has 7 nitrogen and oxygen atoms in total. The van der Waals surface area contributed by atoms with Crippen molar-refractivity contribution in [2.24, 2.45) is 0 Å². The van der Waals surface area contributed by atoms with E-state index in [1.807, 2.05) is 20.8 Å². The molecule has 1 heterocycles. The standard InChI is InChI=1S/C14H17N3O4/c1-14(2,3)15-7-8-16-12(18)9-5-4-6-10(17(20)21)11(9)13(16)19/h4-6,15H,7-8H2,1-3H3. The number of amides is 2. The molecule has 2 amide bonds. The van der Waals surface area contributed by atoms with Crippen molar-refractivity contribution in [3.63, 3.8) is 0 Å². The van der Waals surface area contributed by atoms with E-state index in [1.165, 1.54) is 18.2 Å². The summed E-state index contributed by atoms with van der Waals surface area (Å²) in [6.45, 7) is 6.53. The van der Waals surface area contributed by atoms with E-state index in [9.17, 15) is 19.7 Å². The van der Waals surface area contributed by atoms with Crippen molar-refractivity contribution >= 4 is 17.5 Å². The first-order valence-electron chi connectivity index (χ1n) is 6.61. The molecule has 0 atom stereocenters. The molecule has 0 radical (unpaired) electrons. The molecule has 112 valence electrons. The lowest BCUT2D eigenvalue weighted by molar-refractivity contribution is -0.385. The number of nitro benzene ring substituents is 1. The first kappa shape index (κ1) is 15.1. The largest absolute Gasteiger partial charge is 0.310 e. The highest BCUT2D eigenvalue weighted by Gasteiger charge is 2.40. The maximum atomic E-state index is 12.3. The predicted octanol–water partition coefficient (Wildman–Crippen LogP) is 1.58. The number of carbonyl (C=O) groups excluding carboxylic acids is 2. The van der Waals surface area contributed by atoms with Crippen LogP contribution in [0.5, 0.6) is 0 Å². The number of hydrogen-bond donors (Lipinski definition) is 1. The lowest BCUT2D eigenvalue weighted by atomic mass is 10.1. The van der Waals surface area contributed by atoms with E-state index in [0.717, 1.165) is 4.90 Å². The van der Waals surface area contributed by atoms with Gasteiger partial charge < -0.3 is 5.32 Å². The van der Waals surface area contributed by atoms with Gasteiger partial charge in [0.1, 0.15) is 5.56 Å². The Labute approximate surface area is 122 Å². The minimum absolute atomic E-state index is 0.102. The molecule has 0 fully saturated rings. The number of fused-ring (bicyclic) bond motifs is 1. The number of carbonyl (C=O) groups is 2. The van der Waals surface area contributed by atoms with Crippen molar-refractivity contribution in [3.8, 4) is 0 Å². The van der Waals surface area contributed by atoms with Gasteiger partial charge in [0.25, 0.3) is 17.5 Å². The highest BCUT2D eigenvalue weighted by atomic mass is 16.6. The number of benzene rings is 1. The summed E-state index contributed by atoms with van der Waals surface area (Å²) in [5.74, 6) is -1.08. The SMILES string of the molecule is CC(C)(C)NCCN1C(=O)c2cccc([N+](=O)[O-])c2C1=O. The molecule has 1 N–H and O–H groups in total. The van der Waals surface area contributed by atoms with E-state index in [2.05, 4.69) is 5.32 Å². The Morgan fingerprint density at radius 1 is 1.24 bits per heavy atom. The van der Waals surface area contributed by atoms with Crippen LogP contribution in [-0.2, 0) is 0 Å². The number of imide groups is 1. The van der Waals surface area contributed by atoms with Crippen LogP contribution < -0.4 is 5.32 Å². The van der Waals surface area contributed by atoms with Crippen LogP contribution in [0.15, 0.2) is 18.2 Å². The first-order chi connectivity index (χ1) is 9.72. The van der Waals surface area contributed by atoms with Crippen LogP contribution in [0.1, 0.15) is 41.5 Å². The zero-order chi connectivity index (χ0) is 15.8. The molecule has 0 aliphatic carbocycles. The Bertz CT molecular complexity index is 619. The van der Waals surface area contributed by atoms with Crippen molar-refractivity contribution < 1.29 is 14.5 Å². The van der Waals surface area contributed by atoms with E-state index >= 15 is 0 Å². The first-order valence-corrected chi connectivity index (χ1v) is 6.61. The average molecular weight is 291 g/mol. The minimum atomic E-state index is -0.638. The average Bonchev–Trinajstić information content (AvgIpc) is 2.62. The third-order valence-corrected chi connectivity index (χ3v) is 3.16. The molecule has 1 aromatic rings. The summed E-state index contributed by atoms with van der Waals surface area (Å²) in [6.07, 6.45) is 0. The van der Waals surface area contributed by atoms with Gasteiger partial charge in [0.05, 0.1) is 10.5 Å². The van der Waals surface area contributed by atoms with Crippen molar-refractivity contribution in [1.29, 1.82) is 0 Å². The van der Waals surface area contributed by atoms with Gasteiger partial charge in [-0.05, 0) is 26.8 Å². The summed E-state index contributed by atoms with van der Waals surface area (Å²) in [5.41, 5.74) is -0.463. The topological polar surface area (TPSA) is 92.6 Å². The van der Waals surface area contributed by atoms with E-state index in [-0.39, 0.29) is 28.9 Å². The Kier molecular flexibility index (Phi) is 3.78. The number of hydrogen-bond acceptors (Lipinski definition) is 5. The van der Waals surface area contributed by atoms with Gasteiger partial charge in [0, 0.05) is 24.7 Å². The van der Waals surface area contributed by atoms with Crippen LogP contribution in [-0.4, -0.2) is 40.3 Å². The molecule has 1 aliphatic heterocycles. The molecule has 0 aromatic heterocycles. The van der Waals surface area contributed by atoms with Crippen molar-refractivity contribution in [3.05, 3.63) is 39.4 Å². The number of nitrogens with zero attached hydrogens (tertiary/aromatic N) is 2. The summed E-state index contributed by atoms with van der Waals surface area (Å²) < 4.78 is 0. The Morgan fingerprint density at radius 2 is 1.90 bits per heavy atom. The summed E-state index contributed by atoms with van der Waals surface area (Å²) in [6, 6.07) is 4.10. The van der Waals surface area contributed by atoms with Crippen LogP contribution in [0.4, 0.5) is 5.69 Å². The lowest BCUT2D eigenvalue weighted by Crippen LogP contribution is -2.43. The van der Waals surface area contributed by atoms with Crippen LogP contribution in [0.2, 0.25) is 0 Å². The normalized spacial score (nSPS) is 14.5. The van der Waals surface area contributed by atoms with Crippen LogP contribution in [0.3, 0.4) is 0 Å². The molecule has 0 saturated carbocycles. The predicted molar refractivity (Wildman–Crippen MR) is 76.2 cm³/mol. The summed E-state index contributed by atoms with van der Waals surface area (Å²) in [5, 5.41) is 14.2. The molecule has 0 spiro atoms. The fourth-order valence-corrected chi connectivity index (χ4v) is 2.21. The maximum absolute atomic E-state index is 12.3. The zero-order valence-electron chi connectivity index (χ0n) is 12.2. The fourth-order valence-electron chi connectivity index (χ4n) is 2.21. The van der Waals surface area contributed by atoms with Gasteiger partial charge in [-0.3, -0.25) is 24.6 Å². The van der Waals surface area contributed by atoms with Gasteiger partial charge >= 0.3 is 0 Å². The summed E-state index contributed by atoms with van der Waals surface area (Å²) >= 11 is 0. The van der Waals surface area contributed by atoms with E-state index in [1.54, 1.807) is 0 Å². The third kappa shape index (κ3) is 2.92. The molecule has 1 aliphatic rings. The molecule has 0 saturated heterocycles. The molecular formula is C14H17N3O4. The quantitative estimate of drug-likeness (QED) is 0.516. The zero-order valence-corrected chi connectivity index (χ0v) is 12.2. The molecule has 0 unspecified atom stereocenters. The Balaban J connectivity index is 2.23. The molecular weight excluding hydrogens is 274 g/mol. The second-order valence-corrected chi connectivity index (χ2v) is 5.90. The van der Waals surface area contributed by atoms with Crippen LogP contribution in [0, 0.1) is 10.1 Å². The molecule has 7 heteroatoms. The second-order valence-electron chi connectivity index (χ2n) is 5.90. The molecule has 0 bridgehead atoms. The van der Waals surface area contributed by atoms with Crippen LogP contribution >= 0.6 is 0 Å². The highest BCUT2D eigenvalue weighted by Crippen LogP contribution is 2.30. The van der Waals surface area contributed by atoms with E-state index in [0.29, 0.717) is 6.54 Å². The van der Waals surface area contributed by atoms with Gasteiger partial charge in [0.15, 0.2) is 0 Å². The fraction of sp³-hybridized carbons (Fsp3) is 0.429. The van der Waals surface area contributed by atoms with Gasteiger partial charge in [-0.15, -0.1) is 0 Å². The highest BCUT2D eigenvalue weighted by molar-refractivity contribution is 6.23. The molecule has 2 rings (SSSR count). The van der Waals surface area contributed by atoms with Crippen LogP contribution in [0.25, 0.3) is 0 Å². The number of rotatable bonds is 4. The molecule has 21 heavy (non-hydrogen) atoms. The van der Waals surface area contributed by atoms with E-state index < -0.39 is 16.7 Å². The van der Waals surface area contributed by atoms with Crippen molar-refractivity contribution in [2.75, 3.05) is 13.1 Å². The minimum Gasteiger partial charge on any atom is -0.310 e. The number of nitrogens with one attached hydrogen (secondary N) is 1. The molecule has 1 aromatic carbocycles.